The molecular weight excluding hydrogens is 390 g/mol. The van der Waals surface area contributed by atoms with E-state index in [4.69, 9.17) is 21.4 Å². The Morgan fingerprint density at radius 1 is 1.37 bits per heavy atom. The number of benzene rings is 1. The van der Waals surface area contributed by atoms with E-state index in [9.17, 15) is 9.59 Å². The molecule has 9 heteroatoms. The smallest absolute Gasteiger partial charge is 0.308 e. The van der Waals surface area contributed by atoms with E-state index in [1.807, 2.05) is 26.0 Å². The van der Waals surface area contributed by atoms with Crippen LogP contribution < -0.4 is 9.61 Å². The molecular formula is C18H18ClN3O4S. The van der Waals surface area contributed by atoms with Crippen LogP contribution in [-0.2, 0) is 11.3 Å². The minimum absolute atomic E-state index is 0.0985. The summed E-state index contributed by atoms with van der Waals surface area (Å²) >= 11 is 7.41. The standard InChI is InChI=1S/C18H18ClN3O4S/c1-3-14(12-5-4-10(2)20-21-12)26-15-9-16-13(8-11(15)19)22(18(25)27-16)7-6-17(23)24/h4-5,8-9,14H,3,6-7H2,1-2H3,(H,23,24)/t14-/m0/s1. The van der Waals surface area contributed by atoms with Crippen LogP contribution in [0.2, 0.25) is 5.02 Å². The van der Waals surface area contributed by atoms with Gasteiger partial charge in [0.1, 0.15) is 17.5 Å². The van der Waals surface area contributed by atoms with E-state index < -0.39 is 5.97 Å². The van der Waals surface area contributed by atoms with Crippen LogP contribution in [0.4, 0.5) is 0 Å². The molecule has 0 aliphatic carbocycles. The summed E-state index contributed by atoms with van der Waals surface area (Å²) in [6, 6.07) is 7.09. The van der Waals surface area contributed by atoms with Crippen molar-refractivity contribution in [3.63, 3.8) is 0 Å². The molecule has 0 saturated heterocycles. The lowest BCUT2D eigenvalue weighted by Gasteiger charge is -2.18. The van der Waals surface area contributed by atoms with Crippen molar-refractivity contribution in [2.24, 2.45) is 0 Å². The van der Waals surface area contributed by atoms with Gasteiger partial charge in [0.15, 0.2) is 0 Å². The summed E-state index contributed by atoms with van der Waals surface area (Å²) in [5.41, 5.74) is 2.12. The molecule has 142 valence electrons. The predicted molar refractivity (Wildman–Crippen MR) is 104 cm³/mol. The van der Waals surface area contributed by atoms with Crippen LogP contribution in [0.3, 0.4) is 0 Å². The van der Waals surface area contributed by atoms with Gasteiger partial charge in [-0.1, -0.05) is 29.9 Å². The molecule has 2 aromatic heterocycles. The lowest BCUT2D eigenvalue weighted by molar-refractivity contribution is -0.137. The summed E-state index contributed by atoms with van der Waals surface area (Å²) in [4.78, 5) is 22.8. The van der Waals surface area contributed by atoms with E-state index >= 15 is 0 Å². The number of thiazole rings is 1. The molecule has 3 aromatic rings. The largest absolute Gasteiger partial charge is 0.482 e. The van der Waals surface area contributed by atoms with Crippen molar-refractivity contribution in [1.29, 1.82) is 0 Å². The molecule has 0 spiro atoms. The van der Waals surface area contributed by atoms with Crippen molar-refractivity contribution in [3.8, 4) is 5.75 Å². The topological polar surface area (TPSA) is 94.3 Å². The Morgan fingerprint density at radius 2 is 2.15 bits per heavy atom. The lowest BCUT2D eigenvalue weighted by atomic mass is 10.2. The number of hydrogen-bond donors (Lipinski definition) is 1. The quantitative estimate of drug-likeness (QED) is 0.639. The van der Waals surface area contributed by atoms with E-state index in [-0.39, 0.29) is 23.9 Å². The number of fused-ring (bicyclic) bond motifs is 1. The number of carboxylic acid groups (broad SMARTS) is 1. The van der Waals surface area contributed by atoms with Crippen LogP contribution in [0.15, 0.2) is 29.1 Å². The molecule has 0 aliphatic heterocycles. The maximum absolute atomic E-state index is 12.2. The third kappa shape index (κ3) is 4.28. The van der Waals surface area contributed by atoms with Gasteiger partial charge in [-0.2, -0.15) is 10.2 Å². The normalized spacial score (nSPS) is 12.3. The number of aryl methyl sites for hydroxylation is 2. The number of aromatic nitrogens is 3. The summed E-state index contributed by atoms with van der Waals surface area (Å²) < 4.78 is 8.16. The molecule has 7 nitrogen and oxygen atoms in total. The number of carbonyl (C=O) groups is 1. The zero-order chi connectivity index (χ0) is 19.6. The monoisotopic (exact) mass is 407 g/mol. The van der Waals surface area contributed by atoms with Gasteiger partial charge in [-0.05, 0) is 31.5 Å². The number of halogens is 1. The Balaban J connectivity index is 1.93. The average Bonchev–Trinajstić information content (AvgIpc) is 2.93. The molecule has 0 aliphatic rings. The van der Waals surface area contributed by atoms with Crippen molar-refractivity contribution in [1.82, 2.24) is 14.8 Å². The van der Waals surface area contributed by atoms with Crippen LogP contribution in [0, 0.1) is 6.92 Å². The third-order valence-corrected chi connectivity index (χ3v) is 5.30. The van der Waals surface area contributed by atoms with E-state index in [2.05, 4.69) is 10.2 Å². The van der Waals surface area contributed by atoms with Gasteiger partial charge >= 0.3 is 10.8 Å². The Bertz CT molecular complexity index is 1030. The molecule has 0 saturated carbocycles. The van der Waals surface area contributed by atoms with Gasteiger partial charge in [-0.3, -0.25) is 14.2 Å². The van der Waals surface area contributed by atoms with Crippen molar-refractivity contribution in [3.05, 3.63) is 50.3 Å². The summed E-state index contributed by atoms with van der Waals surface area (Å²) in [5.74, 6) is -0.512. The highest BCUT2D eigenvalue weighted by Gasteiger charge is 2.18. The average molecular weight is 408 g/mol. The molecule has 0 amide bonds. The Labute approximate surface area is 164 Å². The first-order valence-corrected chi connectivity index (χ1v) is 9.60. The summed E-state index contributed by atoms with van der Waals surface area (Å²) in [6.45, 7) is 3.93. The second-order valence-electron chi connectivity index (χ2n) is 6.03. The number of carboxylic acids is 1. The van der Waals surface area contributed by atoms with Crippen molar-refractivity contribution in [2.45, 2.75) is 39.3 Å². The second-order valence-corrected chi connectivity index (χ2v) is 7.43. The van der Waals surface area contributed by atoms with Crippen molar-refractivity contribution < 1.29 is 14.6 Å². The van der Waals surface area contributed by atoms with Gasteiger partial charge in [-0.15, -0.1) is 0 Å². The molecule has 0 unspecified atom stereocenters. The van der Waals surface area contributed by atoms with Crippen LogP contribution in [-0.4, -0.2) is 25.8 Å². The maximum Gasteiger partial charge on any atom is 0.308 e. The molecule has 1 aromatic carbocycles. The van der Waals surface area contributed by atoms with E-state index in [0.717, 1.165) is 17.0 Å². The molecule has 0 bridgehead atoms. The van der Waals surface area contributed by atoms with E-state index in [1.165, 1.54) is 4.57 Å². The fourth-order valence-corrected chi connectivity index (χ4v) is 3.79. The SMILES string of the molecule is CC[C@H](Oc1cc2sc(=O)n(CCC(=O)O)c2cc1Cl)c1ccc(C)nn1. The van der Waals surface area contributed by atoms with E-state index in [1.54, 1.807) is 12.1 Å². The first-order chi connectivity index (χ1) is 12.9. The van der Waals surface area contributed by atoms with Gasteiger partial charge in [0.25, 0.3) is 0 Å². The highest BCUT2D eigenvalue weighted by Crippen LogP contribution is 2.35. The highest BCUT2D eigenvalue weighted by molar-refractivity contribution is 7.16. The lowest BCUT2D eigenvalue weighted by Crippen LogP contribution is -2.15. The predicted octanol–water partition coefficient (Wildman–Crippen LogP) is 3.82. The fourth-order valence-electron chi connectivity index (χ4n) is 2.66. The van der Waals surface area contributed by atoms with Crippen LogP contribution in [0.25, 0.3) is 10.2 Å². The minimum Gasteiger partial charge on any atom is -0.482 e. The Morgan fingerprint density at radius 3 is 2.78 bits per heavy atom. The number of ether oxygens (including phenoxy) is 1. The molecule has 1 N–H and O–H groups in total. The Kier molecular flexibility index (Phi) is 5.76. The zero-order valence-electron chi connectivity index (χ0n) is 14.8. The Hall–Kier alpha value is -2.45. The number of rotatable bonds is 7. The third-order valence-electron chi connectivity index (χ3n) is 4.06. The van der Waals surface area contributed by atoms with E-state index in [0.29, 0.717) is 33.1 Å². The number of hydrogen-bond acceptors (Lipinski definition) is 6. The number of nitrogens with zero attached hydrogens (tertiary/aromatic N) is 3. The van der Waals surface area contributed by atoms with Crippen LogP contribution >= 0.6 is 22.9 Å². The molecule has 27 heavy (non-hydrogen) atoms. The summed E-state index contributed by atoms with van der Waals surface area (Å²) in [6.07, 6.45) is 0.215. The first-order valence-electron chi connectivity index (χ1n) is 8.40. The molecule has 3 rings (SSSR count). The first kappa shape index (κ1) is 19.3. The molecule has 2 heterocycles. The molecule has 1 atom stereocenters. The zero-order valence-corrected chi connectivity index (χ0v) is 16.4. The van der Waals surface area contributed by atoms with Gasteiger partial charge in [0, 0.05) is 12.6 Å². The van der Waals surface area contributed by atoms with Crippen molar-refractivity contribution in [2.75, 3.05) is 0 Å². The van der Waals surface area contributed by atoms with Crippen molar-refractivity contribution >= 4 is 39.1 Å². The maximum atomic E-state index is 12.2. The second kappa shape index (κ2) is 8.06. The molecule has 0 fully saturated rings. The summed E-state index contributed by atoms with van der Waals surface area (Å²) in [7, 11) is 0. The highest BCUT2D eigenvalue weighted by atomic mass is 35.5. The molecule has 0 radical (unpaired) electrons. The fraction of sp³-hybridized carbons (Fsp3) is 0.333. The van der Waals surface area contributed by atoms with Gasteiger partial charge in [0.05, 0.1) is 27.4 Å². The van der Waals surface area contributed by atoms with Gasteiger partial charge < -0.3 is 9.84 Å². The number of aliphatic carboxylic acids is 1. The van der Waals surface area contributed by atoms with Crippen LogP contribution in [0.5, 0.6) is 5.75 Å². The van der Waals surface area contributed by atoms with Gasteiger partial charge in [-0.25, -0.2) is 0 Å². The minimum atomic E-state index is -0.961. The van der Waals surface area contributed by atoms with Crippen LogP contribution in [0.1, 0.15) is 37.3 Å². The van der Waals surface area contributed by atoms with Gasteiger partial charge in [0.2, 0.25) is 0 Å². The summed E-state index contributed by atoms with van der Waals surface area (Å²) in [5, 5.41) is 17.4.